The van der Waals surface area contributed by atoms with Gasteiger partial charge < -0.3 is 15.3 Å². The van der Waals surface area contributed by atoms with Crippen LogP contribution >= 0.6 is 11.3 Å². The minimum absolute atomic E-state index is 0.00206. The summed E-state index contributed by atoms with van der Waals surface area (Å²) in [7, 11) is 0. The summed E-state index contributed by atoms with van der Waals surface area (Å²) in [6.45, 7) is 18.2. The van der Waals surface area contributed by atoms with E-state index >= 15 is 0 Å². The van der Waals surface area contributed by atoms with Gasteiger partial charge >= 0.3 is 5.97 Å². The fourth-order valence-corrected chi connectivity index (χ4v) is 5.60. The maximum atomic E-state index is 13.9. The molecule has 9 heteroatoms. The van der Waals surface area contributed by atoms with Crippen molar-refractivity contribution >= 4 is 29.1 Å². The molecule has 4 atom stereocenters. The average Bonchev–Trinajstić information content (AvgIpc) is 3.52. The molecule has 2 amide bonds. The van der Waals surface area contributed by atoms with E-state index in [9.17, 15) is 19.5 Å². The van der Waals surface area contributed by atoms with Crippen LogP contribution in [0.5, 0.6) is 0 Å². The maximum absolute atomic E-state index is 13.9. The van der Waals surface area contributed by atoms with E-state index in [0.717, 1.165) is 19.3 Å². The molecule has 1 aliphatic rings. The predicted octanol–water partition coefficient (Wildman–Crippen LogP) is 5.29. The molecule has 8 nitrogen and oxygen atoms in total. The Morgan fingerprint density at radius 2 is 1.76 bits per heavy atom. The molecule has 1 fully saturated rings. The van der Waals surface area contributed by atoms with E-state index in [1.54, 1.807) is 4.90 Å². The number of carboxylic acid groups (broad SMARTS) is 1. The SMILES string of the molecule is CC[C@@H](C)[C@@H](C(=O)N[C@H](C(=O)N1CCC[C@H]1c1nc(C(=O)O)cs1)C(C)C)N(CC=C(C)C)CC=C(C)C. The Kier molecular flexibility index (Phi) is 12.2. The molecule has 2 heterocycles. The molecule has 1 aromatic heterocycles. The lowest BCUT2D eigenvalue weighted by Crippen LogP contribution is -2.57. The number of hydrogen-bond acceptors (Lipinski definition) is 6. The normalized spacial score (nSPS) is 17.7. The van der Waals surface area contributed by atoms with Crippen molar-refractivity contribution in [3.63, 3.8) is 0 Å². The van der Waals surface area contributed by atoms with Crippen molar-refractivity contribution in [1.82, 2.24) is 20.1 Å². The molecule has 2 rings (SSSR count). The summed E-state index contributed by atoms with van der Waals surface area (Å²) in [5, 5.41) is 14.6. The van der Waals surface area contributed by atoms with Gasteiger partial charge in [-0.3, -0.25) is 14.5 Å². The van der Waals surface area contributed by atoms with Gasteiger partial charge in [0.05, 0.1) is 12.1 Å². The van der Waals surface area contributed by atoms with Crippen LogP contribution in [0.15, 0.2) is 28.7 Å². The van der Waals surface area contributed by atoms with Gasteiger partial charge in [0.25, 0.3) is 0 Å². The van der Waals surface area contributed by atoms with E-state index in [2.05, 4.69) is 68.9 Å². The van der Waals surface area contributed by atoms with Gasteiger partial charge in [-0.1, -0.05) is 57.4 Å². The van der Waals surface area contributed by atoms with Crippen molar-refractivity contribution in [3.05, 3.63) is 39.4 Å². The number of nitrogens with zero attached hydrogens (tertiary/aromatic N) is 3. The standard InChI is InChI=1S/C29H46N4O4S/c1-9-21(8)25(32(15-12-18(2)3)16-13-19(4)5)26(34)31-24(20(6)7)28(35)33-14-10-11-23(33)27-30-22(17-38-27)29(36)37/h12-13,17,20-21,23-25H,9-11,14-16H2,1-8H3,(H,31,34)(H,36,37)/t21-,23+,24+,25+/m1/s1. The summed E-state index contributed by atoms with van der Waals surface area (Å²) in [6, 6.07) is -1.33. The van der Waals surface area contributed by atoms with E-state index in [4.69, 9.17) is 0 Å². The van der Waals surface area contributed by atoms with E-state index in [1.165, 1.54) is 27.9 Å². The van der Waals surface area contributed by atoms with Crippen LogP contribution in [0.2, 0.25) is 0 Å². The molecule has 212 valence electrons. The molecule has 1 saturated heterocycles. The van der Waals surface area contributed by atoms with Crippen LogP contribution in [0.4, 0.5) is 0 Å². The highest BCUT2D eigenvalue weighted by Crippen LogP contribution is 2.34. The number of aromatic carboxylic acids is 1. The van der Waals surface area contributed by atoms with E-state index < -0.39 is 12.0 Å². The molecule has 0 aromatic carbocycles. The zero-order chi connectivity index (χ0) is 28.6. The fourth-order valence-electron chi connectivity index (χ4n) is 4.67. The van der Waals surface area contributed by atoms with Gasteiger partial charge in [-0.2, -0.15) is 0 Å². The first kappa shape index (κ1) is 31.7. The fraction of sp³-hybridized carbons (Fsp3) is 0.655. The van der Waals surface area contributed by atoms with Crippen LogP contribution in [0.1, 0.15) is 96.2 Å². The predicted molar refractivity (Wildman–Crippen MR) is 153 cm³/mol. The number of carbonyl (C=O) groups is 3. The van der Waals surface area contributed by atoms with Crippen LogP contribution in [0, 0.1) is 11.8 Å². The first-order chi connectivity index (χ1) is 17.9. The second-order valence-corrected chi connectivity index (χ2v) is 12.0. The lowest BCUT2D eigenvalue weighted by molar-refractivity contribution is -0.140. The van der Waals surface area contributed by atoms with Crippen LogP contribution in [0.3, 0.4) is 0 Å². The topological polar surface area (TPSA) is 103 Å². The molecule has 0 aliphatic carbocycles. The van der Waals surface area contributed by atoms with Crippen LogP contribution in [0.25, 0.3) is 0 Å². The first-order valence-electron chi connectivity index (χ1n) is 13.7. The second kappa shape index (κ2) is 14.6. The second-order valence-electron chi connectivity index (χ2n) is 11.1. The van der Waals surface area contributed by atoms with Crippen molar-refractivity contribution in [1.29, 1.82) is 0 Å². The number of allylic oxidation sites excluding steroid dienone is 2. The minimum atomic E-state index is -1.07. The molecule has 0 bridgehead atoms. The minimum Gasteiger partial charge on any atom is -0.476 e. The number of thiazole rings is 1. The first-order valence-corrected chi connectivity index (χ1v) is 14.6. The Bertz CT molecular complexity index is 1000. The molecule has 0 saturated carbocycles. The van der Waals surface area contributed by atoms with Gasteiger partial charge in [0.1, 0.15) is 11.0 Å². The molecule has 0 spiro atoms. The molecule has 0 unspecified atom stereocenters. The van der Waals surface area contributed by atoms with Gasteiger partial charge in [0, 0.05) is 25.0 Å². The van der Waals surface area contributed by atoms with Crippen molar-refractivity contribution in [2.24, 2.45) is 11.8 Å². The Labute approximate surface area is 232 Å². The van der Waals surface area contributed by atoms with Crippen molar-refractivity contribution in [2.45, 2.75) is 92.8 Å². The highest BCUT2D eigenvalue weighted by Gasteiger charge is 2.39. The maximum Gasteiger partial charge on any atom is 0.355 e. The number of aromatic nitrogens is 1. The number of hydrogen-bond donors (Lipinski definition) is 2. The molecular formula is C29H46N4O4S. The highest BCUT2D eigenvalue weighted by molar-refractivity contribution is 7.09. The van der Waals surface area contributed by atoms with Crippen molar-refractivity contribution in [2.75, 3.05) is 19.6 Å². The van der Waals surface area contributed by atoms with E-state index in [1.807, 2.05) is 13.8 Å². The number of likely N-dealkylation sites (tertiary alicyclic amines) is 1. The third kappa shape index (κ3) is 8.50. The molecule has 38 heavy (non-hydrogen) atoms. The monoisotopic (exact) mass is 546 g/mol. The molecule has 1 aliphatic heterocycles. The van der Waals surface area contributed by atoms with Crippen molar-refractivity contribution < 1.29 is 19.5 Å². The van der Waals surface area contributed by atoms with Gasteiger partial charge in [0.15, 0.2) is 5.69 Å². The van der Waals surface area contributed by atoms with Gasteiger partial charge in [-0.05, 0) is 52.4 Å². The zero-order valence-electron chi connectivity index (χ0n) is 24.3. The van der Waals surface area contributed by atoms with E-state index in [-0.39, 0.29) is 41.4 Å². The number of carboxylic acids is 1. The Balaban J connectivity index is 2.32. The third-order valence-electron chi connectivity index (χ3n) is 7.11. The average molecular weight is 547 g/mol. The number of rotatable bonds is 13. The van der Waals surface area contributed by atoms with Gasteiger partial charge in [-0.25, -0.2) is 9.78 Å². The van der Waals surface area contributed by atoms with Crippen molar-refractivity contribution in [3.8, 4) is 0 Å². The molecular weight excluding hydrogens is 500 g/mol. The Morgan fingerprint density at radius 3 is 2.24 bits per heavy atom. The molecule has 0 radical (unpaired) electrons. The summed E-state index contributed by atoms with van der Waals surface area (Å²) in [5.41, 5.74) is 2.39. The summed E-state index contributed by atoms with van der Waals surface area (Å²) >= 11 is 1.27. The molecule has 2 N–H and O–H groups in total. The summed E-state index contributed by atoms with van der Waals surface area (Å²) in [4.78, 5) is 47.3. The lowest BCUT2D eigenvalue weighted by atomic mass is 9.94. The Hall–Kier alpha value is -2.52. The largest absolute Gasteiger partial charge is 0.476 e. The Morgan fingerprint density at radius 1 is 1.16 bits per heavy atom. The summed E-state index contributed by atoms with van der Waals surface area (Å²) in [6.07, 6.45) is 6.65. The number of amides is 2. The quantitative estimate of drug-likeness (QED) is 0.326. The van der Waals surface area contributed by atoms with E-state index in [0.29, 0.717) is 24.6 Å². The summed E-state index contributed by atoms with van der Waals surface area (Å²) in [5.74, 6) is -1.35. The number of nitrogens with one attached hydrogen (secondary N) is 1. The highest BCUT2D eigenvalue weighted by atomic mass is 32.1. The van der Waals surface area contributed by atoms with Crippen LogP contribution in [-0.2, 0) is 9.59 Å². The number of carbonyl (C=O) groups excluding carboxylic acids is 2. The lowest BCUT2D eigenvalue weighted by Gasteiger charge is -2.36. The van der Waals surface area contributed by atoms with Crippen LogP contribution in [-0.4, -0.2) is 69.4 Å². The van der Waals surface area contributed by atoms with Crippen LogP contribution < -0.4 is 5.32 Å². The zero-order valence-corrected chi connectivity index (χ0v) is 25.1. The van der Waals surface area contributed by atoms with Gasteiger partial charge in [0.2, 0.25) is 11.8 Å². The smallest absolute Gasteiger partial charge is 0.355 e. The van der Waals surface area contributed by atoms with Gasteiger partial charge in [-0.15, -0.1) is 11.3 Å². The third-order valence-corrected chi connectivity index (χ3v) is 8.05. The molecule has 1 aromatic rings. The summed E-state index contributed by atoms with van der Waals surface area (Å²) < 4.78 is 0.